The van der Waals surface area contributed by atoms with Crippen molar-refractivity contribution < 1.29 is 4.79 Å². The molecule has 0 aliphatic carbocycles. The Morgan fingerprint density at radius 1 is 1.41 bits per heavy atom. The fraction of sp³-hybridized carbons (Fsp3) is 0.222. The van der Waals surface area contributed by atoms with Gasteiger partial charge in [-0.05, 0) is 6.92 Å². The summed E-state index contributed by atoms with van der Waals surface area (Å²) in [6.07, 6.45) is 4.02. The van der Waals surface area contributed by atoms with Crippen molar-refractivity contribution in [1.29, 1.82) is 0 Å². The van der Waals surface area contributed by atoms with Gasteiger partial charge in [0.05, 0.1) is 18.4 Å². The van der Waals surface area contributed by atoms with E-state index >= 15 is 0 Å². The van der Waals surface area contributed by atoms with Crippen molar-refractivity contribution in [2.45, 2.75) is 13.0 Å². The molecule has 0 saturated heterocycles. The maximum atomic E-state index is 11.7. The van der Waals surface area contributed by atoms with Crippen LogP contribution in [0.2, 0.25) is 0 Å². The van der Waals surface area contributed by atoms with E-state index in [0.29, 0.717) is 5.82 Å². The van der Waals surface area contributed by atoms with Crippen LogP contribution in [0.4, 0.5) is 5.82 Å². The number of rotatable bonds is 3. The number of amides is 1. The molecular formula is C9H11N7O. The molecule has 4 N–H and O–H groups in total. The third-order valence-corrected chi connectivity index (χ3v) is 2.10. The van der Waals surface area contributed by atoms with Crippen LogP contribution in [-0.2, 0) is 0 Å². The Labute approximate surface area is 96.7 Å². The monoisotopic (exact) mass is 233 g/mol. The largest absolute Gasteiger partial charge is 0.382 e. The van der Waals surface area contributed by atoms with Gasteiger partial charge < -0.3 is 11.1 Å². The summed E-state index contributed by atoms with van der Waals surface area (Å²) < 4.78 is 0. The molecule has 8 nitrogen and oxygen atoms in total. The first kappa shape index (κ1) is 11.0. The van der Waals surface area contributed by atoms with Crippen LogP contribution in [0.5, 0.6) is 0 Å². The first-order chi connectivity index (χ1) is 8.16. The highest BCUT2D eigenvalue weighted by molar-refractivity contribution is 5.92. The normalized spacial score (nSPS) is 12.1. The molecule has 0 aliphatic heterocycles. The fourth-order valence-electron chi connectivity index (χ4n) is 1.22. The van der Waals surface area contributed by atoms with Crippen LogP contribution < -0.4 is 11.1 Å². The first-order valence-electron chi connectivity index (χ1n) is 4.90. The van der Waals surface area contributed by atoms with E-state index in [1.165, 1.54) is 18.7 Å². The van der Waals surface area contributed by atoms with Crippen LogP contribution in [0.3, 0.4) is 0 Å². The number of nitrogens with one attached hydrogen (secondary N) is 2. The Kier molecular flexibility index (Phi) is 2.95. The highest BCUT2D eigenvalue weighted by Crippen LogP contribution is 2.05. The second-order valence-corrected chi connectivity index (χ2v) is 3.39. The number of aromatic amines is 1. The second-order valence-electron chi connectivity index (χ2n) is 3.39. The summed E-state index contributed by atoms with van der Waals surface area (Å²) in [6, 6.07) is -0.288. The van der Waals surface area contributed by atoms with Crippen LogP contribution in [0.25, 0.3) is 0 Å². The quantitative estimate of drug-likeness (QED) is 0.667. The minimum atomic E-state index is -0.346. The summed E-state index contributed by atoms with van der Waals surface area (Å²) in [7, 11) is 0. The summed E-state index contributed by atoms with van der Waals surface area (Å²) >= 11 is 0. The molecule has 1 amide bonds. The third-order valence-electron chi connectivity index (χ3n) is 2.10. The summed E-state index contributed by atoms with van der Waals surface area (Å²) in [4.78, 5) is 23.3. The molecule has 0 aromatic carbocycles. The van der Waals surface area contributed by atoms with E-state index in [1.54, 1.807) is 6.92 Å². The molecule has 0 bridgehead atoms. The van der Waals surface area contributed by atoms with E-state index in [1.807, 2.05) is 0 Å². The number of aromatic nitrogens is 5. The minimum Gasteiger partial charge on any atom is -0.382 e. The minimum absolute atomic E-state index is 0.200. The standard InChI is InChI=1S/C9H11N7O/c1-5(8-13-4-14-16-8)15-9(17)6-2-12-7(10)3-11-6/h2-5H,1H3,(H2,10,12)(H,15,17)(H,13,14,16). The van der Waals surface area contributed by atoms with E-state index in [-0.39, 0.29) is 23.5 Å². The predicted octanol–water partition coefficient (Wildman–Crippen LogP) is -0.332. The maximum absolute atomic E-state index is 11.7. The lowest BCUT2D eigenvalue weighted by atomic mass is 10.3. The molecule has 8 heteroatoms. The SMILES string of the molecule is CC(NC(=O)c1cnc(N)cn1)c1ncn[nH]1. The van der Waals surface area contributed by atoms with Crippen LogP contribution in [-0.4, -0.2) is 31.1 Å². The van der Waals surface area contributed by atoms with Gasteiger partial charge in [0.15, 0.2) is 0 Å². The predicted molar refractivity (Wildman–Crippen MR) is 58.7 cm³/mol. The average Bonchev–Trinajstić information content (AvgIpc) is 2.83. The number of carbonyl (C=O) groups is 1. The van der Waals surface area contributed by atoms with E-state index < -0.39 is 0 Å². The van der Waals surface area contributed by atoms with Crippen molar-refractivity contribution in [2.75, 3.05) is 5.73 Å². The molecule has 1 unspecified atom stereocenters. The van der Waals surface area contributed by atoms with Gasteiger partial charge in [0.25, 0.3) is 5.91 Å². The second kappa shape index (κ2) is 4.56. The highest BCUT2D eigenvalue weighted by atomic mass is 16.1. The van der Waals surface area contributed by atoms with Crippen LogP contribution in [0, 0.1) is 0 Å². The Morgan fingerprint density at radius 3 is 2.82 bits per heavy atom. The van der Waals surface area contributed by atoms with Gasteiger partial charge in [0.2, 0.25) is 0 Å². The zero-order chi connectivity index (χ0) is 12.3. The first-order valence-corrected chi connectivity index (χ1v) is 4.90. The van der Waals surface area contributed by atoms with Crippen LogP contribution >= 0.6 is 0 Å². The molecule has 0 fully saturated rings. The molecule has 88 valence electrons. The number of anilines is 1. The molecular weight excluding hydrogens is 222 g/mol. The summed E-state index contributed by atoms with van der Waals surface area (Å²) in [5, 5.41) is 9.08. The number of hydrogen-bond donors (Lipinski definition) is 3. The summed E-state index contributed by atoms with van der Waals surface area (Å²) in [5.41, 5.74) is 5.58. The number of nitrogens with two attached hydrogens (primary N) is 1. The third kappa shape index (κ3) is 2.54. The van der Waals surface area contributed by atoms with Gasteiger partial charge in [-0.15, -0.1) is 0 Å². The molecule has 2 aromatic rings. The van der Waals surface area contributed by atoms with E-state index in [0.717, 1.165) is 0 Å². The zero-order valence-electron chi connectivity index (χ0n) is 9.08. The average molecular weight is 233 g/mol. The van der Waals surface area contributed by atoms with Crippen molar-refractivity contribution in [3.63, 3.8) is 0 Å². The van der Waals surface area contributed by atoms with Crippen molar-refractivity contribution in [3.8, 4) is 0 Å². The smallest absolute Gasteiger partial charge is 0.272 e. The molecule has 0 saturated carbocycles. The van der Waals surface area contributed by atoms with Crippen LogP contribution in [0.15, 0.2) is 18.7 Å². The molecule has 0 spiro atoms. The molecule has 2 rings (SSSR count). The topological polar surface area (TPSA) is 122 Å². The van der Waals surface area contributed by atoms with Crippen molar-refractivity contribution >= 4 is 11.7 Å². The lowest BCUT2D eigenvalue weighted by molar-refractivity contribution is 0.0933. The maximum Gasteiger partial charge on any atom is 0.272 e. The van der Waals surface area contributed by atoms with Gasteiger partial charge in [-0.2, -0.15) is 5.10 Å². The molecule has 1 atom stereocenters. The number of carbonyl (C=O) groups excluding carboxylic acids is 1. The van der Waals surface area contributed by atoms with Crippen LogP contribution in [0.1, 0.15) is 29.3 Å². The lowest BCUT2D eigenvalue weighted by Crippen LogP contribution is -2.28. The van der Waals surface area contributed by atoms with Gasteiger partial charge in [-0.3, -0.25) is 9.89 Å². The summed E-state index contributed by atoms with van der Waals surface area (Å²) in [5.74, 6) is 0.494. The van der Waals surface area contributed by atoms with Crippen molar-refractivity contribution in [2.24, 2.45) is 0 Å². The molecule has 2 heterocycles. The van der Waals surface area contributed by atoms with E-state index in [4.69, 9.17) is 5.73 Å². The van der Waals surface area contributed by atoms with Gasteiger partial charge >= 0.3 is 0 Å². The Hall–Kier alpha value is -2.51. The van der Waals surface area contributed by atoms with Crippen molar-refractivity contribution in [3.05, 3.63) is 30.2 Å². The Balaban J connectivity index is 2.04. The van der Waals surface area contributed by atoms with Gasteiger partial charge in [0, 0.05) is 0 Å². The Morgan fingerprint density at radius 2 is 2.24 bits per heavy atom. The fourth-order valence-corrected chi connectivity index (χ4v) is 1.22. The van der Waals surface area contributed by atoms with Crippen molar-refractivity contribution in [1.82, 2.24) is 30.5 Å². The van der Waals surface area contributed by atoms with Gasteiger partial charge in [-0.1, -0.05) is 0 Å². The molecule has 2 aromatic heterocycles. The number of nitrogen functional groups attached to an aromatic ring is 1. The zero-order valence-corrected chi connectivity index (χ0v) is 9.08. The van der Waals surface area contributed by atoms with E-state index in [2.05, 4.69) is 30.5 Å². The van der Waals surface area contributed by atoms with Gasteiger partial charge in [-0.25, -0.2) is 15.0 Å². The molecule has 0 aliphatic rings. The highest BCUT2D eigenvalue weighted by Gasteiger charge is 2.14. The number of hydrogen-bond acceptors (Lipinski definition) is 6. The molecule has 17 heavy (non-hydrogen) atoms. The number of H-pyrrole nitrogens is 1. The Bertz CT molecular complexity index is 493. The van der Waals surface area contributed by atoms with Gasteiger partial charge in [0.1, 0.15) is 23.7 Å². The van der Waals surface area contributed by atoms with E-state index in [9.17, 15) is 4.79 Å². The lowest BCUT2D eigenvalue weighted by Gasteiger charge is -2.10. The summed E-state index contributed by atoms with van der Waals surface area (Å²) in [6.45, 7) is 1.78. The molecule has 0 radical (unpaired) electrons. The number of nitrogens with zero attached hydrogens (tertiary/aromatic N) is 4.